The van der Waals surface area contributed by atoms with E-state index in [2.05, 4.69) is 62.9 Å². The summed E-state index contributed by atoms with van der Waals surface area (Å²) < 4.78 is 0. The fourth-order valence-electron chi connectivity index (χ4n) is 4.03. The van der Waals surface area contributed by atoms with Crippen LogP contribution in [-0.4, -0.2) is 54.4 Å². The van der Waals surface area contributed by atoms with Crippen LogP contribution in [0.5, 0.6) is 0 Å². The van der Waals surface area contributed by atoms with Crippen molar-refractivity contribution >= 4 is 40.6 Å². The van der Waals surface area contributed by atoms with Crippen LogP contribution in [0.2, 0.25) is 0 Å². The molecular weight excluding hydrogens is 456 g/mol. The molecule has 3 aromatic carbocycles. The third kappa shape index (κ3) is 7.87. The summed E-state index contributed by atoms with van der Waals surface area (Å²) in [6.45, 7) is 7.02. The third-order valence-corrected chi connectivity index (χ3v) is 6.87. The predicted molar refractivity (Wildman–Crippen MR) is 146 cm³/mol. The fourth-order valence-corrected chi connectivity index (χ4v) is 4.65. The van der Waals surface area contributed by atoms with Crippen LogP contribution in [-0.2, 0) is 16.1 Å². The van der Waals surface area contributed by atoms with Crippen LogP contribution < -0.4 is 15.5 Å². The molecule has 2 N–H and O–H groups in total. The van der Waals surface area contributed by atoms with E-state index in [4.69, 9.17) is 0 Å². The van der Waals surface area contributed by atoms with Gasteiger partial charge in [0.05, 0.1) is 11.5 Å². The highest BCUT2D eigenvalue weighted by molar-refractivity contribution is 8.00. The maximum atomic E-state index is 12.3. The number of carbonyl (C=O) groups excluding carboxylic acids is 2. The fraction of sp³-hybridized carbons (Fsp3) is 0.286. The molecule has 0 radical (unpaired) electrons. The van der Waals surface area contributed by atoms with E-state index < -0.39 is 0 Å². The van der Waals surface area contributed by atoms with Gasteiger partial charge in [-0.2, -0.15) is 0 Å². The number of piperazine rings is 1. The van der Waals surface area contributed by atoms with E-state index in [1.54, 1.807) is 0 Å². The zero-order chi connectivity index (χ0) is 24.5. The Labute approximate surface area is 211 Å². The molecule has 7 heteroatoms. The zero-order valence-corrected chi connectivity index (χ0v) is 20.9. The molecule has 0 bridgehead atoms. The number of carbonyl (C=O) groups is 2. The molecule has 1 fully saturated rings. The van der Waals surface area contributed by atoms with Gasteiger partial charge in [0, 0.05) is 49.8 Å². The van der Waals surface area contributed by atoms with Crippen molar-refractivity contribution in [1.29, 1.82) is 0 Å². The molecule has 0 spiro atoms. The molecule has 1 saturated heterocycles. The molecular formula is C28H32N4O2S. The van der Waals surface area contributed by atoms with Gasteiger partial charge in [-0.15, -0.1) is 11.8 Å². The maximum absolute atomic E-state index is 12.3. The molecule has 2 amide bonds. The molecule has 1 heterocycles. The summed E-state index contributed by atoms with van der Waals surface area (Å²) in [5.74, 6) is 0.239. The number of amides is 2. The van der Waals surface area contributed by atoms with Gasteiger partial charge in [-0.05, 0) is 48.9 Å². The van der Waals surface area contributed by atoms with Crippen molar-refractivity contribution < 1.29 is 9.59 Å². The number of rotatable bonds is 9. The second-order valence-electron chi connectivity index (χ2n) is 8.75. The lowest BCUT2D eigenvalue weighted by Gasteiger charge is -2.36. The summed E-state index contributed by atoms with van der Waals surface area (Å²) in [5, 5.41) is 5.76. The number of hydrogen-bond acceptors (Lipinski definition) is 5. The summed E-state index contributed by atoms with van der Waals surface area (Å²) >= 11 is 1.30. The molecule has 35 heavy (non-hydrogen) atoms. The van der Waals surface area contributed by atoms with Crippen molar-refractivity contribution in [2.45, 2.75) is 13.5 Å². The van der Waals surface area contributed by atoms with E-state index in [1.165, 1.54) is 23.0 Å². The highest BCUT2D eigenvalue weighted by Crippen LogP contribution is 2.20. The second kappa shape index (κ2) is 12.4. The second-order valence-corrected chi connectivity index (χ2v) is 9.74. The third-order valence-electron chi connectivity index (χ3n) is 5.94. The van der Waals surface area contributed by atoms with Gasteiger partial charge in [0.1, 0.15) is 0 Å². The molecule has 3 aromatic rings. The molecule has 182 valence electrons. The average Bonchev–Trinajstić information content (AvgIpc) is 2.87. The number of hydrogen-bond donors (Lipinski definition) is 2. The first kappa shape index (κ1) is 24.8. The van der Waals surface area contributed by atoms with Gasteiger partial charge in [0.15, 0.2) is 0 Å². The first-order valence-electron chi connectivity index (χ1n) is 11.9. The van der Waals surface area contributed by atoms with E-state index in [-0.39, 0.29) is 23.3 Å². The van der Waals surface area contributed by atoms with Crippen LogP contribution in [0.25, 0.3) is 0 Å². The van der Waals surface area contributed by atoms with Gasteiger partial charge in [0.25, 0.3) is 0 Å². The van der Waals surface area contributed by atoms with E-state index in [0.717, 1.165) is 49.7 Å². The Balaban J connectivity index is 1.15. The summed E-state index contributed by atoms with van der Waals surface area (Å²) in [4.78, 5) is 29.2. The average molecular weight is 489 g/mol. The Bertz CT molecular complexity index is 1100. The normalized spacial score (nSPS) is 13.9. The minimum absolute atomic E-state index is 0.111. The van der Waals surface area contributed by atoms with Crippen molar-refractivity contribution in [3.05, 3.63) is 90.0 Å². The summed E-state index contributed by atoms with van der Waals surface area (Å²) in [6.07, 6.45) is 0. The van der Waals surface area contributed by atoms with Crippen LogP contribution in [0.4, 0.5) is 17.1 Å². The Kier molecular flexibility index (Phi) is 8.81. The summed E-state index contributed by atoms with van der Waals surface area (Å²) in [7, 11) is 0. The first-order valence-corrected chi connectivity index (χ1v) is 13.1. The first-order chi connectivity index (χ1) is 17.0. The van der Waals surface area contributed by atoms with Crippen LogP contribution >= 0.6 is 11.8 Å². The van der Waals surface area contributed by atoms with Crippen molar-refractivity contribution in [2.24, 2.45) is 0 Å². The smallest absolute Gasteiger partial charge is 0.234 e. The SMILES string of the molecule is Cc1ccc(NC(=O)CSCC(=O)Nc2ccc(N3CCN(Cc4ccccc4)CC3)cc2)cc1. The number of nitrogens with one attached hydrogen (secondary N) is 2. The molecule has 0 atom stereocenters. The number of nitrogens with zero attached hydrogens (tertiary/aromatic N) is 2. The van der Waals surface area contributed by atoms with E-state index >= 15 is 0 Å². The largest absolute Gasteiger partial charge is 0.369 e. The Morgan fingerprint density at radius 2 is 1.29 bits per heavy atom. The van der Waals surface area contributed by atoms with Crippen LogP contribution in [0.3, 0.4) is 0 Å². The lowest BCUT2D eigenvalue weighted by atomic mass is 10.2. The highest BCUT2D eigenvalue weighted by atomic mass is 32.2. The Morgan fingerprint density at radius 1 is 0.743 bits per heavy atom. The number of thioether (sulfide) groups is 1. The Hall–Kier alpha value is -3.29. The lowest BCUT2D eigenvalue weighted by molar-refractivity contribution is -0.114. The minimum Gasteiger partial charge on any atom is -0.369 e. The van der Waals surface area contributed by atoms with Gasteiger partial charge in [-0.1, -0.05) is 48.0 Å². The standard InChI is InChI=1S/C28H32N4O2S/c1-22-7-9-24(10-8-22)29-27(33)20-35-21-28(34)30-25-11-13-26(14-12-25)32-17-15-31(16-18-32)19-23-5-3-2-4-6-23/h2-14H,15-21H2,1H3,(H,29,33)(H,30,34). The quantitative estimate of drug-likeness (QED) is 0.460. The number of anilines is 3. The predicted octanol–water partition coefficient (Wildman–Crippen LogP) is 4.63. The minimum atomic E-state index is -0.111. The molecule has 4 rings (SSSR count). The van der Waals surface area contributed by atoms with Crippen LogP contribution in [0.15, 0.2) is 78.9 Å². The van der Waals surface area contributed by atoms with Crippen LogP contribution in [0.1, 0.15) is 11.1 Å². The topological polar surface area (TPSA) is 64.7 Å². The van der Waals surface area contributed by atoms with Gasteiger partial charge < -0.3 is 15.5 Å². The molecule has 1 aliphatic rings. The van der Waals surface area contributed by atoms with Gasteiger partial charge in [0.2, 0.25) is 11.8 Å². The molecule has 0 saturated carbocycles. The van der Waals surface area contributed by atoms with Crippen molar-refractivity contribution in [3.8, 4) is 0 Å². The van der Waals surface area contributed by atoms with E-state index in [9.17, 15) is 9.59 Å². The molecule has 0 aliphatic carbocycles. The molecule has 0 aromatic heterocycles. The van der Waals surface area contributed by atoms with Crippen molar-refractivity contribution in [1.82, 2.24) is 4.90 Å². The van der Waals surface area contributed by atoms with Gasteiger partial charge >= 0.3 is 0 Å². The van der Waals surface area contributed by atoms with Crippen LogP contribution in [0, 0.1) is 6.92 Å². The summed E-state index contributed by atoms with van der Waals surface area (Å²) in [6, 6.07) is 26.3. The highest BCUT2D eigenvalue weighted by Gasteiger charge is 2.17. The molecule has 6 nitrogen and oxygen atoms in total. The maximum Gasteiger partial charge on any atom is 0.234 e. The van der Waals surface area contributed by atoms with E-state index in [1.807, 2.05) is 43.3 Å². The van der Waals surface area contributed by atoms with Gasteiger partial charge in [-0.3, -0.25) is 14.5 Å². The monoisotopic (exact) mass is 488 g/mol. The van der Waals surface area contributed by atoms with E-state index in [0.29, 0.717) is 0 Å². The number of aryl methyl sites for hydroxylation is 1. The Morgan fingerprint density at radius 3 is 1.86 bits per heavy atom. The number of benzene rings is 3. The molecule has 0 unspecified atom stereocenters. The van der Waals surface area contributed by atoms with Gasteiger partial charge in [-0.25, -0.2) is 0 Å². The lowest BCUT2D eigenvalue weighted by Crippen LogP contribution is -2.45. The zero-order valence-electron chi connectivity index (χ0n) is 20.1. The van der Waals surface area contributed by atoms with Crippen molar-refractivity contribution in [3.63, 3.8) is 0 Å². The van der Waals surface area contributed by atoms with Crippen molar-refractivity contribution in [2.75, 3.05) is 53.2 Å². The summed E-state index contributed by atoms with van der Waals surface area (Å²) in [5.41, 5.74) is 5.20. The molecule has 1 aliphatic heterocycles.